The minimum Gasteiger partial charge on any atom is -0.462 e. The molecule has 2 unspecified atom stereocenters. The number of hydrogen-bond donors (Lipinski definition) is 7. The number of hydrogen-bond acceptors (Lipinski definition) is 17. The van der Waals surface area contributed by atoms with Gasteiger partial charge in [0.05, 0.1) is 25.4 Å². The number of aliphatic hydroxyl groups is 4. The summed E-state index contributed by atoms with van der Waals surface area (Å²) >= 11 is 0. The fourth-order valence-corrected chi connectivity index (χ4v) is 8.51. The van der Waals surface area contributed by atoms with Crippen LogP contribution in [0.1, 0.15) is 130 Å². The molecule has 0 radical (unpaired) electrons. The maximum absolute atomic E-state index is 12.8. The molecule has 1 aromatic heterocycles. The van der Waals surface area contributed by atoms with Crippen molar-refractivity contribution in [3.05, 3.63) is 71.4 Å². The number of nitrogen functional groups attached to an aromatic ring is 1. The van der Waals surface area contributed by atoms with Gasteiger partial charge in [-0.3, -0.25) is 23.2 Å². The number of esters is 2. The number of aromatic nitrogens is 2. The highest BCUT2D eigenvalue weighted by molar-refractivity contribution is 7.61. The van der Waals surface area contributed by atoms with Crippen LogP contribution in [-0.4, -0.2) is 108 Å². The fraction of sp³-hybridized carbons (Fsp3) is 0.682. The third kappa shape index (κ3) is 26.3. The van der Waals surface area contributed by atoms with Crippen molar-refractivity contribution < 1.29 is 76.5 Å². The molecule has 376 valence electrons. The van der Waals surface area contributed by atoms with Gasteiger partial charge in [-0.2, -0.15) is 9.29 Å². The summed E-state index contributed by atoms with van der Waals surface area (Å²) in [6.07, 6.45) is 17.4. The van der Waals surface area contributed by atoms with Crippen LogP contribution in [0, 0.1) is 5.92 Å². The van der Waals surface area contributed by atoms with Crippen molar-refractivity contribution in [1.82, 2.24) is 9.55 Å². The summed E-state index contributed by atoms with van der Waals surface area (Å²) in [6, 6.07) is 1.23. The van der Waals surface area contributed by atoms with Gasteiger partial charge in [-0.1, -0.05) is 121 Å². The first-order chi connectivity index (χ1) is 31.3. The minimum atomic E-state index is -5.48. The van der Waals surface area contributed by atoms with Gasteiger partial charge in [0.1, 0.15) is 30.7 Å². The van der Waals surface area contributed by atoms with Crippen LogP contribution < -0.4 is 11.4 Å². The maximum Gasteiger partial charge on any atom is 0.481 e. The second-order valence-electron chi connectivity index (χ2n) is 16.4. The van der Waals surface area contributed by atoms with E-state index in [2.05, 4.69) is 36.1 Å². The molecule has 1 aromatic rings. The smallest absolute Gasteiger partial charge is 0.462 e. The molecule has 2 heterocycles. The molecule has 1 aliphatic heterocycles. The van der Waals surface area contributed by atoms with Crippen LogP contribution in [0.15, 0.2) is 65.7 Å². The van der Waals surface area contributed by atoms with Crippen molar-refractivity contribution in [2.75, 3.05) is 25.6 Å². The van der Waals surface area contributed by atoms with Crippen molar-refractivity contribution in [3.8, 4) is 0 Å². The summed E-state index contributed by atoms with van der Waals surface area (Å²) in [6.45, 7) is 3.99. The number of carbonyl (C=O) groups is 2. The van der Waals surface area contributed by atoms with Gasteiger partial charge in [0.2, 0.25) is 0 Å². The lowest BCUT2D eigenvalue weighted by atomic mass is 10.0. The second kappa shape index (κ2) is 32.4. The predicted octanol–water partition coefficient (Wildman–Crippen LogP) is 6.01. The van der Waals surface area contributed by atoms with E-state index in [1.807, 2.05) is 6.08 Å². The summed E-state index contributed by atoms with van der Waals surface area (Å²) in [5.41, 5.74) is 4.55. The van der Waals surface area contributed by atoms with Gasteiger partial charge in [-0.25, -0.2) is 13.9 Å². The number of nitrogens with zero attached hydrogens (tertiary/aromatic N) is 2. The Hall–Kier alpha value is -3.36. The Labute approximate surface area is 387 Å². The lowest BCUT2D eigenvalue weighted by Gasteiger charge is -2.21. The van der Waals surface area contributed by atoms with E-state index >= 15 is 0 Å². The van der Waals surface area contributed by atoms with Crippen molar-refractivity contribution in [2.45, 2.75) is 166 Å². The molecule has 0 spiro atoms. The molecule has 66 heavy (non-hydrogen) atoms. The van der Waals surface area contributed by atoms with Crippen LogP contribution in [0.3, 0.4) is 0 Å². The first-order valence-corrected chi connectivity index (χ1v) is 25.7. The zero-order valence-electron chi connectivity index (χ0n) is 38.4. The lowest BCUT2D eigenvalue weighted by molar-refractivity contribution is -0.161. The molecule has 1 aliphatic rings. The average molecular weight is 978 g/mol. The predicted molar refractivity (Wildman–Crippen MR) is 245 cm³/mol. The summed E-state index contributed by atoms with van der Waals surface area (Å²) in [5, 5.41) is 41.3. The van der Waals surface area contributed by atoms with Crippen molar-refractivity contribution in [1.29, 1.82) is 0 Å². The van der Waals surface area contributed by atoms with E-state index in [9.17, 15) is 53.7 Å². The Morgan fingerprint density at radius 2 is 1.48 bits per heavy atom. The van der Waals surface area contributed by atoms with Gasteiger partial charge in [0.15, 0.2) is 12.3 Å². The first-order valence-electron chi connectivity index (χ1n) is 22.7. The Morgan fingerprint density at radius 1 is 0.833 bits per heavy atom. The quantitative estimate of drug-likeness (QED) is 0.0135. The molecule has 1 fully saturated rings. The lowest BCUT2D eigenvalue weighted by Crippen LogP contribution is -2.36. The maximum atomic E-state index is 12.8. The topological polar surface area (TPSA) is 306 Å². The Morgan fingerprint density at radius 3 is 2.17 bits per heavy atom. The molecule has 0 aromatic carbocycles. The normalized spacial score (nSPS) is 21.2. The highest BCUT2D eigenvalue weighted by atomic mass is 31.3. The van der Waals surface area contributed by atoms with Crippen molar-refractivity contribution >= 4 is 33.4 Å². The SMILES string of the molecule is CCCCC/C=C\C[C@H](O)/C=C/C=C/C=C\[C@H](O)CCCC(=O)O[C@H](COC(=O)CCCCCCCCC(C)C)COP(=O)(O)OP(=O)(O)OC[C@H]1O[C@@H](n2ccc(N)nc2=O)[C@H](O)[C@@H]1O. The van der Waals surface area contributed by atoms with E-state index in [1.54, 1.807) is 30.4 Å². The number of aliphatic hydroxyl groups excluding tert-OH is 4. The average Bonchev–Trinajstić information content (AvgIpc) is 3.52. The van der Waals surface area contributed by atoms with E-state index in [4.69, 9.17) is 29.0 Å². The number of rotatable bonds is 35. The summed E-state index contributed by atoms with van der Waals surface area (Å²) < 4.78 is 56.3. The molecule has 0 saturated carbocycles. The van der Waals surface area contributed by atoms with E-state index < -0.39 is 95.9 Å². The number of nitrogens with two attached hydrogens (primary N) is 1. The van der Waals surface area contributed by atoms with Crippen molar-refractivity contribution in [2.24, 2.45) is 5.92 Å². The summed E-state index contributed by atoms with van der Waals surface area (Å²) in [4.78, 5) is 61.6. The molecule has 0 bridgehead atoms. The second-order valence-corrected chi connectivity index (χ2v) is 19.5. The van der Waals surface area contributed by atoms with Crippen molar-refractivity contribution in [3.63, 3.8) is 0 Å². The Balaban J connectivity index is 1.91. The Bertz CT molecular complexity index is 1840. The number of phosphoric acid groups is 2. The van der Waals surface area contributed by atoms with Gasteiger partial charge < -0.3 is 50.2 Å². The third-order valence-corrected chi connectivity index (χ3v) is 12.6. The van der Waals surface area contributed by atoms with Crippen LogP contribution in [0.2, 0.25) is 0 Å². The van der Waals surface area contributed by atoms with E-state index in [0.29, 0.717) is 18.8 Å². The van der Waals surface area contributed by atoms with Gasteiger partial charge in [-0.05, 0) is 50.5 Å². The largest absolute Gasteiger partial charge is 0.481 e. The molecular weight excluding hydrogens is 904 g/mol. The molecule has 2 rings (SSSR count). The van der Waals surface area contributed by atoms with E-state index in [1.165, 1.54) is 18.6 Å². The standard InChI is InChI=1S/C44H73N3O17P2/c1-4-5-6-7-11-16-22-34(48)23-17-13-14-18-24-35(49)25-20-27-40(51)62-36(30-59-39(50)26-19-12-9-8-10-15-21-33(2)3)31-60-65(55,56)64-66(57,58)61-32-37-41(52)42(53)43(63-37)47-29-28-38(45)46-44(47)54/h11,13-14,16-18,23-24,28-29,33-37,41-43,48-49,52-53H,4-10,12,15,19-22,25-27,30-32H2,1-3H3,(H,55,56)(H,57,58)(H2,45,46,54)/b14-13+,16-11-,23-17+,24-18-/t34-,35-,36+,37+,41+,42+,43+/m0/s1. The van der Waals surface area contributed by atoms with Crippen LogP contribution in [0.5, 0.6) is 0 Å². The highest BCUT2D eigenvalue weighted by Crippen LogP contribution is 2.60. The molecule has 22 heteroatoms. The molecule has 9 atom stereocenters. The van der Waals surface area contributed by atoms with Gasteiger partial charge in [0, 0.05) is 19.0 Å². The first kappa shape index (κ1) is 58.8. The van der Waals surface area contributed by atoms with Crippen LogP contribution in [0.25, 0.3) is 0 Å². The number of phosphoric ester groups is 2. The summed E-state index contributed by atoms with van der Waals surface area (Å²) in [7, 11) is -10.9. The monoisotopic (exact) mass is 977 g/mol. The molecule has 8 N–H and O–H groups in total. The van der Waals surface area contributed by atoms with Crippen LogP contribution in [-0.2, 0) is 46.3 Å². The van der Waals surface area contributed by atoms with E-state index in [0.717, 1.165) is 68.6 Å². The number of unbranched alkanes of at least 4 members (excludes halogenated alkanes) is 8. The van der Waals surface area contributed by atoms with Crippen LogP contribution >= 0.6 is 15.6 Å². The fourth-order valence-electron chi connectivity index (χ4n) is 6.40. The number of carbonyl (C=O) groups excluding carboxylic acids is 2. The molecule has 0 aliphatic carbocycles. The van der Waals surface area contributed by atoms with E-state index in [-0.39, 0.29) is 31.5 Å². The van der Waals surface area contributed by atoms with Gasteiger partial charge in [0.25, 0.3) is 0 Å². The highest BCUT2D eigenvalue weighted by Gasteiger charge is 2.46. The summed E-state index contributed by atoms with van der Waals surface area (Å²) in [5.74, 6) is -0.913. The molecule has 1 saturated heterocycles. The molecule has 20 nitrogen and oxygen atoms in total. The minimum absolute atomic E-state index is 0.0701. The Kier molecular flexibility index (Phi) is 28.8. The van der Waals surface area contributed by atoms with Crippen LogP contribution in [0.4, 0.5) is 5.82 Å². The van der Waals surface area contributed by atoms with Gasteiger partial charge >= 0.3 is 33.3 Å². The zero-order valence-corrected chi connectivity index (χ0v) is 40.2. The molecular formula is C44H73N3O17P2. The number of anilines is 1. The zero-order chi connectivity index (χ0) is 49.0. The van der Waals surface area contributed by atoms with Gasteiger partial charge in [-0.15, -0.1) is 0 Å². The third-order valence-electron chi connectivity index (χ3n) is 10.0. The number of ether oxygens (including phenoxy) is 3. The molecule has 0 amide bonds. The number of allylic oxidation sites excluding steroid dienone is 5.